The van der Waals surface area contributed by atoms with Crippen molar-refractivity contribution in [1.82, 2.24) is 0 Å². The fourth-order valence-corrected chi connectivity index (χ4v) is 2.24. The SMILES string of the molecule is CC(=O)N(CO)c1ccc(N(C)C)c2ccccc12. The molecule has 0 aromatic heterocycles. The van der Waals surface area contributed by atoms with Crippen LogP contribution in [0.15, 0.2) is 36.4 Å². The van der Waals surface area contributed by atoms with Crippen molar-refractivity contribution in [2.45, 2.75) is 6.92 Å². The number of benzene rings is 2. The third-order valence-electron chi connectivity index (χ3n) is 3.17. The summed E-state index contributed by atoms with van der Waals surface area (Å²) in [5.41, 5.74) is 1.82. The van der Waals surface area contributed by atoms with E-state index in [2.05, 4.69) is 0 Å². The molecule has 0 aliphatic carbocycles. The lowest BCUT2D eigenvalue weighted by Gasteiger charge is -2.23. The average molecular weight is 258 g/mol. The van der Waals surface area contributed by atoms with Gasteiger partial charge in [0.25, 0.3) is 0 Å². The Balaban J connectivity index is 2.71. The zero-order valence-electron chi connectivity index (χ0n) is 11.4. The minimum absolute atomic E-state index is 0.176. The van der Waals surface area contributed by atoms with Gasteiger partial charge in [0.1, 0.15) is 6.73 Å². The second-order valence-electron chi connectivity index (χ2n) is 4.63. The van der Waals surface area contributed by atoms with Crippen molar-refractivity contribution in [3.8, 4) is 0 Å². The number of rotatable bonds is 3. The molecule has 2 rings (SSSR count). The molecule has 0 atom stereocenters. The third-order valence-corrected chi connectivity index (χ3v) is 3.17. The van der Waals surface area contributed by atoms with Crippen LogP contribution >= 0.6 is 0 Å². The van der Waals surface area contributed by atoms with Gasteiger partial charge in [-0.05, 0) is 12.1 Å². The second-order valence-corrected chi connectivity index (χ2v) is 4.63. The molecule has 0 fully saturated rings. The van der Waals surface area contributed by atoms with E-state index in [0.29, 0.717) is 0 Å². The standard InChI is InChI=1S/C15H18N2O2/c1-11(19)17(10-18)15-9-8-14(16(2)3)12-6-4-5-7-13(12)15/h4-9,18H,10H2,1-3H3. The molecule has 1 amide bonds. The van der Waals surface area contributed by atoms with Gasteiger partial charge < -0.3 is 10.0 Å². The lowest BCUT2D eigenvalue weighted by Crippen LogP contribution is -2.29. The van der Waals surface area contributed by atoms with Gasteiger partial charge in [0, 0.05) is 37.5 Å². The van der Waals surface area contributed by atoms with E-state index >= 15 is 0 Å². The van der Waals surface area contributed by atoms with Crippen molar-refractivity contribution in [2.24, 2.45) is 0 Å². The number of anilines is 2. The van der Waals surface area contributed by atoms with Crippen molar-refractivity contribution in [2.75, 3.05) is 30.6 Å². The summed E-state index contributed by atoms with van der Waals surface area (Å²) in [5.74, 6) is -0.176. The average Bonchev–Trinajstić information content (AvgIpc) is 2.39. The zero-order chi connectivity index (χ0) is 14.0. The zero-order valence-corrected chi connectivity index (χ0v) is 11.4. The van der Waals surface area contributed by atoms with Crippen LogP contribution in [0.25, 0.3) is 10.8 Å². The van der Waals surface area contributed by atoms with Crippen LogP contribution in [0.4, 0.5) is 11.4 Å². The Hall–Kier alpha value is -2.07. The van der Waals surface area contributed by atoms with Crippen molar-refractivity contribution in [3.05, 3.63) is 36.4 Å². The molecule has 0 bridgehead atoms. The minimum atomic E-state index is -0.319. The molecular weight excluding hydrogens is 240 g/mol. The number of nitrogens with zero attached hydrogens (tertiary/aromatic N) is 2. The van der Waals surface area contributed by atoms with E-state index in [0.717, 1.165) is 22.1 Å². The monoisotopic (exact) mass is 258 g/mol. The van der Waals surface area contributed by atoms with Gasteiger partial charge in [-0.25, -0.2) is 0 Å². The first-order valence-corrected chi connectivity index (χ1v) is 6.14. The van der Waals surface area contributed by atoms with E-state index in [1.54, 1.807) is 0 Å². The molecule has 0 radical (unpaired) electrons. The second kappa shape index (κ2) is 5.28. The maximum Gasteiger partial charge on any atom is 0.225 e. The molecule has 1 N–H and O–H groups in total. The highest BCUT2D eigenvalue weighted by atomic mass is 16.3. The third kappa shape index (κ3) is 2.39. The maximum absolute atomic E-state index is 11.6. The molecule has 0 unspecified atom stereocenters. The summed E-state index contributed by atoms with van der Waals surface area (Å²) >= 11 is 0. The number of amides is 1. The molecular formula is C15H18N2O2. The molecule has 4 heteroatoms. The Labute approximate surface area is 112 Å². The first-order valence-electron chi connectivity index (χ1n) is 6.14. The Kier molecular flexibility index (Phi) is 3.71. The molecule has 0 saturated heterocycles. The van der Waals surface area contributed by atoms with Crippen LogP contribution in [0.3, 0.4) is 0 Å². The Morgan fingerprint density at radius 3 is 2.05 bits per heavy atom. The van der Waals surface area contributed by atoms with Crippen molar-refractivity contribution < 1.29 is 9.90 Å². The van der Waals surface area contributed by atoms with Crippen molar-refractivity contribution in [1.29, 1.82) is 0 Å². The predicted molar refractivity (Wildman–Crippen MR) is 78.5 cm³/mol. The highest BCUT2D eigenvalue weighted by Crippen LogP contribution is 2.33. The van der Waals surface area contributed by atoms with Gasteiger partial charge in [-0.15, -0.1) is 0 Å². The maximum atomic E-state index is 11.6. The minimum Gasteiger partial charge on any atom is -0.377 e. The van der Waals surface area contributed by atoms with Crippen LogP contribution < -0.4 is 9.80 Å². The molecule has 0 spiro atoms. The molecule has 4 nitrogen and oxygen atoms in total. The van der Waals surface area contributed by atoms with E-state index in [-0.39, 0.29) is 12.6 Å². The normalized spacial score (nSPS) is 10.5. The summed E-state index contributed by atoms with van der Waals surface area (Å²) in [6.45, 7) is 1.13. The smallest absolute Gasteiger partial charge is 0.225 e. The van der Waals surface area contributed by atoms with E-state index in [4.69, 9.17) is 0 Å². The molecule has 0 aliphatic rings. The highest BCUT2D eigenvalue weighted by molar-refractivity contribution is 6.07. The van der Waals surface area contributed by atoms with E-state index in [1.165, 1.54) is 11.8 Å². The van der Waals surface area contributed by atoms with Crippen LogP contribution in [0.1, 0.15) is 6.92 Å². The summed E-state index contributed by atoms with van der Waals surface area (Å²) in [6.07, 6.45) is 0. The van der Waals surface area contributed by atoms with Crippen LogP contribution in [-0.2, 0) is 4.79 Å². The molecule has 0 saturated carbocycles. The van der Waals surface area contributed by atoms with Gasteiger partial charge in [0.2, 0.25) is 5.91 Å². The van der Waals surface area contributed by atoms with E-state index in [9.17, 15) is 9.90 Å². The number of fused-ring (bicyclic) bond motifs is 1. The van der Waals surface area contributed by atoms with Gasteiger partial charge in [-0.2, -0.15) is 0 Å². The highest BCUT2D eigenvalue weighted by Gasteiger charge is 2.15. The number of hydrogen-bond donors (Lipinski definition) is 1. The molecule has 2 aromatic carbocycles. The first-order chi connectivity index (χ1) is 9.06. The van der Waals surface area contributed by atoms with Gasteiger partial charge in [0.15, 0.2) is 0 Å². The molecule has 100 valence electrons. The summed E-state index contributed by atoms with van der Waals surface area (Å²) in [4.78, 5) is 15.0. The summed E-state index contributed by atoms with van der Waals surface area (Å²) in [7, 11) is 3.96. The molecule has 2 aromatic rings. The predicted octanol–water partition coefficient (Wildman–Crippen LogP) is 2.21. The number of aliphatic hydroxyl groups excluding tert-OH is 1. The van der Waals surface area contributed by atoms with Gasteiger partial charge in [-0.3, -0.25) is 9.69 Å². The van der Waals surface area contributed by atoms with Crippen LogP contribution in [0, 0.1) is 0 Å². The Morgan fingerprint density at radius 1 is 1.05 bits per heavy atom. The largest absolute Gasteiger partial charge is 0.377 e. The number of carbonyl (C=O) groups excluding carboxylic acids is 1. The van der Waals surface area contributed by atoms with E-state index in [1.807, 2.05) is 55.4 Å². The summed E-state index contributed by atoms with van der Waals surface area (Å²) in [5, 5.41) is 11.4. The number of hydrogen-bond acceptors (Lipinski definition) is 3. The van der Waals surface area contributed by atoms with E-state index < -0.39 is 0 Å². The number of carbonyl (C=O) groups is 1. The first kappa shape index (κ1) is 13.4. The topological polar surface area (TPSA) is 43.8 Å². The Morgan fingerprint density at radius 2 is 1.58 bits per heavy atom. The van der Waals surface area contributed by atoms with Crippen LogP contribution in [0.5, 0.6) is 0 Å². The lowest BCUT2D eigenvalue weighted by molar-refractivity contribution is -0.117. The fraction of sp³-hybridized carbons (Fsp3) is 0.267. The van der Waals surface area contributed by atoms with Crippen molar-refractivity contribution in [3.63, 3.8) is 0 Å². The van der Waals surface area contributed by atoms with Gasteiger partial charge in [0.05, 0.1) is 5.69 Å². The quantitative estimate of drug-likeness (QED) is 0.858. The summed E-state index contributed by atoms with van der Waals surface area (Å²) in [6, 6.07) is 11.7. The molecule has 19 heavy (non-hydrogen) atoms. The molecule has 0 aliphatic heterocycles. The van der Waals surface area contributed by atoms with Crippen LogP contribution in [-0.4, -0.2) is 31.8 Å². The van der Waals surface area contributed by atoms with Gasteiger partial charge in [-0.1, -0.05) is 24.3 Å². The van der Waals surface area contributed by atoms with Crippen LogP contribution in [0.2, 0.25) is 0 Å². The lowest BCUT2D eigenvalue weighted by atomic mass is 10.1. The molecule has 0 heterocycles. The summed E-state index contributed by atoms with van der Waals surface area (Å²) < 4.78 is 0. The number of aliphatic hydroxyl groups is 1. The Bertz CT molecular complexity index is 608. The van der Waals surface area contributed by atoms with Gasteiger partial charge >= 0.3 is 0 Å². The van der Waals surface area contributed by atoms with Crippen molar-refractivity contribution >= 4 is 28.1 Å². The fourth-order valence-electron chi connectivity index (χ4n) is 2.24.